The van der Waals surface area contributed by atoms with Crippen molar-refractivity contribution in [1.29, 1.82) is 0 Å². The summed E-state index contributed by atoms with van der Waals surface area (Å²) < 4.78 is 0. The van der Waals surface area contributed by atoms with Gasteiger partial charge in [-0.1, -0.05) is 13.8 Å². The van der Waals surface area contributed by atoms with Gasteiger partial charge in [0.15, 0.2) is 0 Å². The number of aliphatic carboxylic acids is 3. The fraction of sp³-hybridized carbons (Fsp3) is 0.735. The Balaban J connectivity index is 1.84. The normalized spacial score (nSPS) is 18.7. The number of carbonyl (C=O) groups is 9. The lowest BCUT2D eigenvalue weighted by Gasteiger charge is -2.32. The van der Waals surface area contributed by atoms with Crippen LogP contribution in [-0.2, 0) is 43.2 Å². The van der Waals surface area contributed by atoms with E-state index in [2.05, 4.69) is 26.6 Å². The minimum atomic E-state index is -1.72. The zero-order valence-corrected chi connectivity index (χ0v) is 33.8. The summed E-state index contributed by atoms with van der Waals surface area (Å²) in [7, 11) is -1.72. The molecule has 0 unspecified atom stereocenters. The fourth-order valence-corrected chi connectivity index (χ4v) is 6.45. The van der Waals surface area contributed by atoms with E-state index in [-0.39, 0.29) is 78.5 Å². The number of amides is 6. The van der Waals surface area contributed by atoms with Crippen LogP contribution in [0.5, 0.6) is 0 Å². The van der Waals surface area contributed by atoms with Crippen molar-refractivity contribution in [2.75, 3.05) is 105 Å². The van der Waals surface area contributed by atoms with Crippen LogP contribution in [0, 0.1) is 5.92 Å². The number of likely N-dealkylation sites (tertiary alicyclic amines) is 1. The van der Waals surface area contributed by atoms with E-state index in [1.165, 1.54) is 11.8 Å². The highest BCUT2D eigenvalue weighted by Gasteiger charge is 2.39. The molecule has 0 aromatic rings. The van der Waals surface area contributed by atoms with Crippen LogP contribution in [0.1, 0.15) is 33.6 Å². The number of hydrogen-bond acceptors (Lipinski definition) is 15. The van der Waals surface area contributed by atoms with E-state index in [9.17, 15) is 68.5 Å². The van der Waals surface area contributed by atoms with E-state index in [4.69, 9.17) is 0 Å². The summed E-state index contributed by atoms with van der Waals surface area (Å²) in [6.45, 7) is 3.85. The van der Waals surface area contributed by atoms with E-state index in [1.807, 2.05) is 0 Å². The Morgan fingerprint density at radius 2 is 0.949 bits per heavy atom. The van der Waals surface area contributed by atoms with Crippen LogP contribution in [-0.4, -0.2) is 233 Å². The second-order valence-corrected chi connectivity index (χ2v) is 14.8. The molecule has 2 heterocycles. The zero-order chi connectivity index (χ0) is 44.2. The number of rotatable bonds is 20. The third-order valence-corrected chi connectivity index (χ3v) is 9.63. The molecule has 0 aromatic carbocycles. The summed E-state index contributed by atoms with van der Waals surface area (Å²) in [5.74, 6) is -8.44. The van der Waals surface area contributed by atoms with Crippen LogP contribution in [0.2, 0.25) is 0 Å². The molecule has 0 radical (unpaired) electrons. The molecule has 59 heavy (non-hydrogen) atoms. The summed E-state index contributed by atoms with van der Waals surface area (Å²) >= 11 is 0. The first kappa shape index (κ1) is 50.2. The van der Waals surface area contributed by atoms with E-state index in [0.29, 0.717) is 19.4 Å². The van der Waals surface area contributed by atoms with Gasteiger partial charge in [-0.05, 0) is 25.7 Å². The predicted molar refractivity (Wildman–Crippen MR) is 207 cm³/mol. The SMILES string of the molecule is CC(C)[C@H](NC(=O)CNC(=O)CNC(=O)CNC(=O)CN1CCN(CC(=O)O)CCN(CC(=O)O)CCN(CC(=O)O)CC1)C(=O)N[C@H](C)C(=O)N1CCC[C@H]1B(O)O. The van der Waals surface area contributed by atoms with Crippen LogP contribution in [0.3, 0.4) is 0 Å². The summed E-state index contributed by atoms with van der Waals surface area (Å²) in [6.07, 6.45) is 0.976. The Labute approximate surface area is 342 Å². The molecule has 25 heteroatoms. The third-order valence-electron chi connectivity index (χ3n) is 9.63. The van der Waals surface area contributed by atoms with Crippen molar-refractivity contribution in [3.05, 3.63) is 0 Å². The number of hydrogen-bond donors (Lipinski definition) is 10. The number of carbonyl (C=O) groups excluding carboxylic acids is 6. The second kappa shape index (κ2) is 25.5. The molecule has 0 aliphatic carbocycles. The largest absolute Gasteiger partial charge is 0.480 e. The topological polar surface area (TPSA) is 331 Å². The van der Waals surface area contributed by atoms with E-state index >= 15 is 0 Å². The van der Waals surface area contributed by atoms with E-state index in [0.717, 1.165) is 0 Å². The molecular weight excluding hydrogens is 783 g/mol. The standard InChI is InChI=1S/C34H59BN10O14/c1-22(2)32(33(56)39-23(3)34(57)45-6-4-5-24(45)35(58)59)40-27(48)17-37-25(46)15-36-26(47)16-38-28(49)18-41-7-9-42(19-29(50)51)11-13-44(21-31(54)55)14-12-43(10-8-41)20-30(52)53/h22-24,32,58-59H,4-21H2,1-3H3,(H,36,47)(H,37,46)(H,38,49)(H,39,56)(H,40,48)(H,50,51)(H,52,53)(H,54,55)/t23-,24+,32+/m1/s1. The maximum Gasteiger partial charge on any atom is 0.475 e. The van der Waals surface area contributed by atoms with Crippen LogP contribution in [0.15, 0.2) is 0 Å². The van der Waals surface area contributed by atoms with Crippen molar-refractivity contribution in [2.24, 2.45) is 5.92 Å². The Kier molecular flexibility index (Phi) is 21.7. The highest BCUT2D eigenvalue weighted by atomic mass is 16.4. The first-order chi connectivity index (χ1) is 27.7. The van der Waals surface area contributed by atoms with Crippen LogP contribution < -0.4 is 26.6 Å². The average Bonchev–Trinajstić information content (AvgIpc) is 3.65. The van der Waals surface area contributed by atoms with Crippen molar-refractivity contribution in [3.8, 4) is 0 Å². The monoisotopic (exact) mass is 842 g/mol. The van der Waals surface area contributed by atoms with Gasteiger partial charge in [0.1, 0.15) is 12.1 Å². The molecule has 0 spiro atoms. The van der Waals surface area contributed by atoms with Gasteiger partial charge in [0, 0.05) is 58.9 Å². The second-order valence-electron chi connectivity index (χ2n) is 14.8. The zero-order valence-electron chi connectivity index (χ0n) is 33.8. The molecule has 332 valence electrons. The Bertz CT molecular complexity index is 1460. The fourth-order valence-electron chi connectivity index (χ4n) is 6.45. The molecule has 0 aromatic heterocycles. The molecule has 2 aliphatic heterocycles. The highest BCUT2D eigenvalue weighted by Crippen LogP contribution is 2.19. The van der Waals surface area contributed by atoms with Gasteiger partial charge in [-0.3, -0.25) is 62.8 Å². The van der Waals surface area contributed by atoms with Gasteiger partial charge in [0.05, 0.1) is 51.8 Å². The van der Waals surface area contributed by atoms with Crippen LogP contribution >= 0.6 is 0 Å². The molecule has 10 N–H and O–H groups in total. The average molecular weight is 843 g/mol. The molecule has 2 aliphatic rings. The lowest BCUT2D eigenvalue weighted by atomic mass is 9.78. The molecule has 0 saturated carbocycles. The molecule has 2 rings (SSSR count). The summed E-state index contributed by atoms with van der Waals surface area (Å²) in [5, 5.41) is 59.3. The van der Waals surface area contributed by atoms with Crippen molar-refractivity contribution < 1.29 is 68.5 Å². The Morgan fingerprint density at radius 1 is 0.559 bits per heavy atom. The molecule has 2 saturated heterocycles. The smallest absolute Gasteiger partial charge is 0.475 e. The summed E-state index contributed by atoms with van der Waals surface area (Å²) in [6, 6.07) is -2.11. The third kappa shape index (κ3) is 19.6. The molecule has 6 amide bonds. The van der Waals surface area contributed by atoms with Crippen LogP contribution in [0.25, 0.3) is 0 Å². The molecule has 0 bridgehead atoms. The Morgan fingerprint density at radius 3 is 1.34 bits per heavy atom. The minimum absolute atomic E-state index is 0.191. The number of nitrogens with zero attached hydrogens (tertiary/aromatic N) is 5. The molecule has 2 fully saturated rings. The van der Waals surface area contributed by atoms with E-state index in [1.54, 1.807) is 33.4 Å². The van der Waals surface area contributed by atoms with E-state index < -0.39 is 104 Å². The number of carboxylic acid groups (broad SMARTS) is 3. The lowest BCUT2D eigenvalue weighted by molar-refractivity contribution is -0.140. The Hall–Kier alpha value is -4.95. The predicted octanol–water partition coefficient (Wildman–Crippen LogP) is -6.54. The summed E-state index contributed by atoms with van der Waals surface area (Å²) in [4.78, 5) is 118. The van der Waals surface area contributed by atoms with Gasteiger partial charge in [-0.15, -0.1) is 0 Å². The first-order valence-electron chi connectivity index (χ1n) is 19.4. The number of carboxylic acids is 3. The van der Waals surface area contributed by atoms with Gasteiger partial charge in [0.25, 0.3) is 0 Å². The van der Waals surface area contributed by atoms with Crippen molar-refractivity contribution in [1.82, 2.24) is 51.1 Å². The van der Waals surface area contributed by atoms with Crippen molar-refractivity contribution in [3.63, 3.8) is 0 Å². The number of nitrogens with one attached hydrogen (secondary N) is 5. The highest BCUT2D eigenvalue weighted by molar-refractivity contribution is 6.43. The first-order valence-corrected chi connectivity index (χ1v) is 19.4. The maximum absolute atomic E-state index is 13.0. The molecular formula is C34H59BN10O14. The van der Waals surface area contributed by atoms with Gasteiger partial charge in [-0.25, -0.2) is 0 Å². The van der Waals surface area contributed by atoms with Crippen LogP contribution in [0.4, 0.5) is 0 Å². The lowest BCUT2D eigenvalue weighted by Crippen LogP contribution is -2.57. The van der Waals surface area contributed by atoms with Crippen molar-refractivity contribution >= 4 is 60.5 Å². The minimum Gasteiger partial charge on any atom is -0.480 e. The maximum atomic E-state index is 13.0. The van der Waals surface area contributed by atoms with Gasteiger partial charge < -0.3 is 56.9 Å². The quantitative estimate of drug-likeness (QED) is 0.0510. The van der Waals surface area contributed by atoms with Gasteiger partial charge in [-0.2, -0.15) is 0 Å². The molecule has 3 atom stereocenters. The summed E-state index contributed by atoms with van der Waals surface area (Å²) in [5.41, 5.74) is 0. The van der Waals surface area contributed by atoms with Crippen molar-refractivity contribution in [2.45, 2.75) is 51.6 Å². The van der Waals surface area contributed by atoms with Gasteiger partial charge in [0.2, 0.25) is 35.4 Å². The molecule has 24 nitrogen and oxygen atoms in total. The van der Waals surface area contributed by atoms with Gasteiger partial charge >= 0.3 is 25.0 Å².